The number of ether oxygens (including phenoxy) is 2. The van der Waals surface area contributed by atoms with E-state index in [0.717, 1.165) is 30.6 Å². The molecule has 1 aromatic rings. The quantitative estimate of drug-likeness (QED) is 0.631. The zero-order valence-electron chi connectivity index (χ0n) is 18.4. The van der Waals surface area contributed by atoms with Gasteiger partial charge in [-0.3, -0.25) is 14.5 Å². The van der Waals surface area contributed by atoms with Gasteiger partial charge in [0.1, 0.15) is 12.1 Å². The molecule has 0 unspecified atom stereocenters. The topological polar surface area (TPSA) is 122 Å². The van der Waals surface area contributed by atoms with E-state index in [2.05, 4.69) is 5.32 Å². The predicted molar refractivity (Wildman–Crippen MR) is 116 cm³/mol. The Balaban J connectivity index is 1.37. The third-order valence-corrected chi connectivity index (χ3v) is 8.88. The number of rotatable bonds is 5. The monoisotopic (exact) mass is 477 g/mol. The average molecular weight is 478 g/mol. The molecule has 0 bridgehead atoms. The summed E-state index contributed by atoms with van der Waals surface area (Å²) in [4.78, 5) is 42.1. The number of carbonyl (C=O) groups excluding carboxylic acids is 3. The molecular weight excluding hydrogens is 450 g/mol. The van der Waals surface area contributed by atoms with Crippen molar-refractivity contribution in [1.29, 1.82) is 0 Å². The summed E-state index contributed by atoms with van der Waals surface area (Å²) in [7, 11) is -3.19. The SMILES string of the molecule is C[C@]1(c2ccc3c(c2)OCO3)NC(=O)N(CC(=O)N(C2CCCC2)[C@@H]2CCS(=O)(=O)C2)C1=O. The summed E-state index contributed by atoms with van der Waals surface area (Å²) in [6, 6.07) is 3.89. The minimum atomic E-state index is -3.19. The van der Waals surface area contributed by atoms with Crippen LogP contribution in [0.4, 0.5) is 4.79 Å². The summed E-state index contributed by atoms with van der Waals surface area (Å²) in [5.74, 6) is 0.113. The highest BCUT2D eigenvalue weighted by atomic mass is 32.2. The van der Waals surface area contributed by atoms with E-state index < -0.39 is 39.9 Å². The van der Waals surface area contributed by atoms with Crippen molar-refractivity contribution in [1.82, 2.24) is 15.1 Å². The number of hydrogen-bond acceptors (Lipinski definition) is 7. The molecule has 5 rings (SSSR count). The van der Waals surface area contributed by atoms with Gasteiger partial charge in [0.2, 0.25) is 12.7 Å². The molecule has 1 aliphatic carbocycles. The number of carbonyl (C=O) groups is 3. The van der Waals surface area contributed by atoms with Crippen molar-refractivity contribution in [2.24, 2.45) is 0 Å². The summed E-state index contributed by atoms with van der Waals surface area (Å²) in [6.45, 7) is 1.26. The van der Waals surface area contributed by atoms with E-state index in [1.807, 2.05) is 0 Å². The Hall–Kier alpha value is -2.82. The van der Waals surface area contributed by atoms with Gasteiger partial charge in [-0.25, -0.2) is 13.2 Å². The molecule has 2 saturated heterocycles. The number of imide groups is 1. The molecule has 4 aliphatic rings. The third-order valence-electron chi connectivity index (χ3n) is 7.13. The van der Waals surface area contributed by atoms with Gasteiger partial charge in [0.05, 0.1) is 11.5 Å². The molecule has 3 fully saturated rings. The van der Waals surface area contributed by atoms with Crippen molar-refractivity contribution >= 4 is 27.7 Å². The van der Waals surface area contributed by atoms with Crippen molar-refractivity contribution in [3.05, 3.63) is 23.8 Å². The van der Waals surface area contributed by atoms with E-state index in [9.17, 15) is 22.8 Å². The average Bonchev–Trinajstić information content (AvgIpc) is 3.54. The Kier molecular flexibility index (Phi) is 5.26. The van der Waals surface area contributed by atoms with Crippen molar-refractivity contribution in [2.75, 3.05) is 24.8 Å². The Morgan fingerprint density at radius 1 is 1.15 bits per heavy atom. The third kappa shape index (κ3) is 3.81. The van der Waals surface area contributed by atoms with E-state index in [4.69, 9.17) is 9.47 Å². The molecule has 10 nitrogen and oxygen atoms in total. The van der Waals surface area contributed by atoms with Crippen LogP contribution in [-0.4, -0.2) is 73.0 Å². The molecule has 2 atom stereocenters. The second kappa shape index (κ2) is 7.89. The van der Waals surface area contributed by atoms with E-state index >= 15 is 0 Å². The number of benzene rings is 1. The van der Waals surface area contributed by atoms with Gasteiger partial charge in [0.15, 0.2) is 21.3 Å². The number of nitrogens with one attached hydrogen (secondary N) is 1. The molecule has 3 heterocycles. The lowest BCUT2D eigenvalue weighted by molar-refractivity contribution is -0.141. The molecule has 0 aromatic heterocycles. The molecular formula is C22H27N3O7S. The van der Waals surface area contributed by atoms with Crippen LogP contribution in [-0.2, 0) is 25.0 Å². The first-order valence-electron chi connectivity index (χ1n) is 11.2. The maximum absolute atomic E-state index is 13.4. The van der Waals surface area contributed by atoms with Crippen molar-refractivity contribution < 1.29 is 32.3 Å². The van der Waals surface area contributed by atoms with E-state index in [-0.39, 0.29) is 30.2 Å². The molecule has 4 amide bonds. The fraction of sp³-hybridized carbons (Fsp3) is 0.591. The fourth-order valence-corrected chi connectivity index (χ4v) is 7.05. The zero-order chi connectivity index (χ0) is 23.4. The van der Waals surface area contributed by atoms with Gasteiger partial charge >= 0.3 is 6.03 Å². The van der Waals surface area contributed by atoms with Gasteiger partial charge < -0.3 is 19.7 Å². The van der Waals surface area contributed by atoms with Gasteiger partial charge in [0.25, 0.3) is 5.91 Å². The Labute approximate surface area is 192 Å². The van der Waals surface area contributed by atoms with Gasteiger partial charge in [0, 0.05) is 12.1 Å². The smallest absolute Gasteiger partial charge is 0.325 e. The first-order valence-corrected chi connectivity index (χ1v) is 13.1. The number of nitrogens with zero attached hydrogens (tertiary/aromatic N) is 2. The Morgan fingerprint density at radius 3 is 2.58 bits per heavy atom. The summed E-state index contributed by atoms with van der Waals surface area (Å²) in [6.07, 6.45) is 3.94. The van der Waals surface area contributed by atoms with Gasteiger partial charge in [-0.05, 0) is 43.9 Å². The normalized spacial score (nSPS) is 28.4. The summed E-state index contributed by atoms with van der Waals surface area (Å²) < 4.78 is 34.8. The summed E-state index contributed by atoms with van der Waals surface area (Å²) in [5, 5.41) is 2.71. The van der Waals surface area contributed by atoms with Crippen molar-refractivity contribution in [2.45, 2.75) is 56.7 Å². The Morgan fingerprint density at radius 2 is 1.88 bits per heavy atom. The van der Waals surface area contributed by atoms with Crippen LogP contribution in [0.5, 0.6) is 11.5 Å². The highest BCUT2D eigenvalue weighted by Crippen LogP contribution is 2.38. The molecule has 33 heavy (non-hydrogen) atoms. The predicted octanol–water partition coefficient (Wildman–Crippen LogP) is 1.14. The maximum atomic E-state index is 13.4. The minimum absolute atomic E-state index is 0.0550. The molecule has 1 aromatic carbocycles. The number of sulfone groups is 1. The second-order valence-corrected chi connectivity index (χ2v) is 11.5. The molecule has 0 radical (unpaired) electrons. The van der Waals surface area contributed by atoms with Crippen LogP contribution in [0, 0.1) is 0 Å². The van der Waals surface area contributed by atoms with Crippen LogP contribution in [0.25, 0.3) is 0 Å². The van der Waals surface area contributed by atoms with E-state index in [0.29, 0.717) is 23.5 Å². The number of amides is 4. The zero-order valence-corrected chi connectivity index (χ0v) is 19.2. The van der Waals surface area contributed by atoms with Crippen LogP contribution in [0.2, 0.25) is 0 Å². The van der Waals surface area contributed by atoms with E-state index in [1.54, 1.807) is 30.0 Å². The molecule has 1 saturated carbocycles. The number of urea groups is 1. The first kappa shape index (κ1) is 22.0. The first-order chi connectivity index (χ1) is 15.7. The molecule has 11 heteroatoms. The molecule has 1 N–H and O–H groups in total. The molecule has 178 valence electrons. The number of hydrogen-bond donors (Lipinski definition) is 1. The van der Waals surface area contributed by atoms with Crippen molar-refractivity contribution in [3.63, 3.8) is 0 Å². The van der Waals surface area contributed by atoms with Gasteiger partial charge in [-0.1, -0.05) is 18.9 Å². The highest BCUT2D eigenvalue weighted by Gasteiger charge is 2.51. The van der Waals surface area contributed by atoms with Crippen LogP contribution in [0.15, 0.2) is 18.2 Å². The molecule has 0 spiro atoms. The minimum Gasteiger partial charge on any atom is -0.454 e. The Bertz CT molecular complexity index is 1110. The van der Waals surface area contributed by atoms with Crippen LogP contribution < -0.4 is 14.8 Å². The van der Waals surface area contributed by atoms with Crippen LogP contribution >= 0.6 is 0 Å². The lowest BCUT2D eigenvalue weighted by atomic mass is 9.91. The fourth-order valence-electron chi connectivity index (χ4n) is 5.34. The summed E-state index contributed by atoms with van der Waals surface area (Å²) >= 11 is 0. The lowest BCUT2D eigenvalue weighted by Gasteiger charge is -2.35. The molecule has 3 aliphatic heterocycles. The lowest BCUT2D eigenvalue weighted by Crippen LogP contribution is -2.51. The van der Waals surface area contributed by atoms with Gasteiger partial charge in [-0.2, -0.15) is 0 Å². The van der Waals surface area contributed by atoms with Crippen LogP contribution in [0.3, 0.4) is 0 Å². The second-order valence-electron chi connectivity index (χ2n) is 9.31. The van der Waals surface area contributed by atoms with Gasteiger partial charge in [-0.15, -0.1) is 0 Å². The standard InChI is InChI=1S/C22H27N3O7S/c1-22(14-6-7-17-18(10-14)32-13-31-17)20(27)24(21(28)23-22)11-19(26)25(15-4-2-3-5-15)16-8-9-33(29,30)12-16/h6-7,10,15-16H,2-5,8-9,11-13H2,1H3,(H,23,28)/t16-,22-/m1/s1. The number of fused-ring (bicyclic) bond motifs is 1. The van der Waals surface area contributed by atoms with Crippen molar-refractivity contribution in [3.8, 4) is 11.5 Å². The van der Waals surface area contributed by atoms with Crippen LogP contribution in [0.1, 0.15) is 44.6 Å². The van der Waals surface area contributed by atoms with E-state index in [1.165, 1.54) is 0 Å². The summed E-state index contributed by atoms with van der Waals surface area (Å²) in [5.41, 5.74) is -0.831. The highest BCUT2D eigenvalue weighted by molar-refractivity contribution is 7.91. The largest absolute Gasteiger partial charge is 0.454 e. The maximum Gasteiger partial charge on any atom is 0.325 e.